The first-order valence-electron chi connectivity index (χ1n) is 11.0. The number of hydrogen-bond donors (Lipinski definition) is 0. The molecule has 0 spiro atoms. The maximum Gasteiger partial charge on any atom is 0.258 e. The van der Waals surface area contributed by atoms with Crippen LogP contribution >= 0.6 is 11.6 Å². The number of ether oxygens (including phenoxy) is 1. The molecule has 1 aliphatic rings. The van der Waals surface area contributed by atoms with Crippen molar-refractivity contribution in [1.82, 2.24) is 4.90 Å². The zero-order valence-electron chi connectivity index (χ0n) is 18.6. The van der Waals surface area contributed by atoms with Crippen LogP contribution in [0.15, 0.2) is 72.8 Å². The largest absolute Gasteiger partial charge is 0.497 e. The highest BCUT2D eigenvalue weighted by Gasteiger charge is 2.30. The average molecular weight is 449 g/mol. The van der Waals surface area contributed by atoms with Gasteiger partial charge in [0.05, 0.1) is 7.11 Å². The van der Waals surface area contributed by atoms with Crippen LogP contribution in [0, 0.1) is 6.92 Å². The molecule has 1 saturated heterocycles. The maximum atomic E-state index is 13.6. The molecule has 1 aliphatic heterocycles. The van der Waals surface area contributed by atoms with Crippen molar-refractivity contribution in [2.24, 2.45) is 0 Å². The summed E-state index contributed by atoms with van der Waals surface area (Å²) in [6.45, 7) is 4.83. The highest BCUT2D eigenvalue weighted by Crippen LogP contribution is 2.28. The number of likely N-dealkylation sites (tertiary alicyclic amines) is 1. The molecule has 0 radical (unpaired) electrons. The Morgan fingerprint density at radius 1 is 0.969 bits per heavy atom. The summed E-state index contributed by atoms with van der Waals surface area (Å²) in [6, 6.07) is 23.8. The quantitative estimate of drug-likeness (QED) is 0.465. The molecule has 32 heavy (non-hydrogen) atoms. The topological polar surface area (TPSA) is 32.8 Å². The second-order valence-corrected chi connectivity index (χ2v) is 8.81. The molecule has 4 nitrogen and oxygen atoms in total. The Kier molecular flexibility index (Phi) is 7.13. The van der Waals surface area contributed by atoms with Crippen molar-refractivity contribution in [3.05, 3.63) is 94.5 Å². The number of nitrogens with zero attached hydrogens (tertiary/aromatic N) is 2. The minimum absolute atomic E-state index is 0.0475. The number of methoxy groups -OCH3 is 1. The van der Waals surface area contributed by atoms with E-state index < -0.39 is 0 Å². The molecule has 0 aromatic heterocycles. The lowest BCUT2D eigenvalue weighted by molar-refractivity contribution is 0.0958. The van der Waals surface area contributed by atoms with E-state index in [9.17, 15) is 4.79 Å². The monoisotopic (exact) mass is 448 g/mol. The van der Waals surface area contributed by atoms with Crippen molar-refractivity contribution in [2.75, 3.05) is 25.1 Å². The molecule has 4 rings (SSSR count). The number of amides is 1. The number of piperidine rings is 1. The molecule has 1 amide bonds. The lowest BCUT2D eigenvalue weighted by atomic mass is 10.00. The zero-order chi connectivity index (χ0) is 22.5. The van der Waals surface area contributed by atoms with Gasteiger partial charge in [0, 0.05) is 41.9 Å². The maximum absolute atomic E-state index is 13.6. The van der Waals surface area contributed by atoms with Gasteiger partial charge in [0.25, 0.3) is 5.91 Å². The van der Waals surface area contributed by atoms with Gasteiger partial charge < -0.3 is 9.64 Å². The summed E-state index contributed by atoms with van der Waals surface area (Å²) in [5, 5.41) is 0.761. The second kappa shape index (κ2) is 10.2. The predicted octanol–water partition coefficient (Wildman–Crippen LogP) is 5.97. The summed E-state index contributed by atoms with van der Waals surface area (Å²) in [7, 11) is 1.65. The van der Waals surface area contributed by atoms with Crippen LogP contribution in [0.4, 0.5) is 5.69 Å². The van der Waals surface area contributed by atoms with E-state index in [0.29, 0.717) is 0 Å². The third kappa shape index (κ3) is 5.32. The van der Waals surface area contributed by atoms with Gasteiger partial charge >= 0.3 is 0 Å². The van der Waals surface area contributed by atoms with Crippen LogP contribution in [0.1, 0.15) is 34.3 Å². The minimum Gasteiger partial charge on any atom is -0.497 e. The summed E-state index contributed by atoms with van der Waals surface area (Å²) in [6.07, 6.45) is 1.86. The summed E-state index contributed by atoms with van der Waals surface area (Å²) < 4.78 is 5.31. The van der Waals surface area contributed by atoms with Gasteiger partial charge in [-0.3, -0.25) is 9.69 Å². The standard InChI is InChI=1S/C27H29ClN2O2/c1-20-3-7-22(8-4-20)27(31)30(24-11-13-26(32-2)14-12-24)25-15-17-29(18-16-25)19-21-5-9-23(28)10-6-21/h3-14,25H,15-19H2,1-2H3. The zero-order valence-corrected chi connectivity index (χ0v) is 19.4. The fourth-order valence-electron chi connectivity index (χ4n) is 4.26. The van der Waals surface area contributed by atoms with E-state index in [1.54, 1.807) is 7.11 Å². The number of aryl methyl sites for hydroxylation is 1. The van der Waals surface area contributed by atoms with Crippen LogP contribution in [0.25, 0.3) is 0 Å². The average Bonchev–Trinajstić information content (AvgIpc) is 2.82. The molecule has 5 heteroatoms. The summed E-state index contributed by atoms with van der Waals surface area (Å²) >= 11 is 6.02. The third-order valence-corrected chi connectivity index (χ3v) is 6.36. The molecular formula is C27H29ClN2O2. The number of hydrogen-bond acceptors (Lipinski definition) is 3. The number of benzene rings is 3. The normalized spacial score (nSPS) is 14.8. The smallest absolute Gasteiger partial charge is 0.258 e. The Balaban J connectivity index is 1.51. The fraction of sp³-hybridized carbons (Fsp3) is 0.296. The first-order chi connectivity index (χ1) is 15.5. The van der Waals surface area contributed by atoms with Gasteiger partial charge in [0.2, 0.25) is 0 Å². The van der Waals surface area contributed by atoms with E-state index in [4.69, 9.17) is 16.3 Å². The Morgan fingerprint density at radius 3 is 2.19 bits per heavy atom. The van der Waals surface area contributed by atoms with Crippen molar-refractivity contribution >= 4 is 23.2 Å². The predicted molar refractivity (Wildman–Crippen MR) is 131 cm³/mol. The number of anilines is 1. The number of carbonyl (C=O) groups excluding carboxylic acids is 1. The number of carbonyl (C=O) groups is 1. The van der Waals surface area contributed by atoms with Crippen LogP contribution in [-0.2, 0) is 6.54 Å². The van der Waals surface area contributed by atoms with Crippen LogP contribution in [0.2, 0.25) is 5.02 Å². The van der Waals surface area contributed by atoms with Crippen LogP contribution < -0.4 is 9.64 Å². The Hall–Kier alpha value is -2.82. The van der Waals surface area contributed by atoms with Crippen molar-refractivity contribution in [2.45, 2.75) is 32.4 Å². The highest BCUT2D eigenvalue weighted by molar-refractivity contribution is 6.30. The van der Waals surface area contributed by atoms with Crippen molar-refractivity contribution < 1.29 is 9.53 Å². The lowest BCUT2D eigenvalue weighted by Crippen LogP contribution is -2.47. The van der Waals surface area contributed by atoms with Crippen LogP contribution in [-0.4, -0.2) is 37.0 Å². The van der Waals surface area contributed by atoms with E-state index in [-0.39, 0.29) is 11.9 Å². The molecular weight excluding hydrogens is 420 g/mol. The Labute approximate surface area is 195 Å². The van der Waals surface area contributed by atoms with E-state index in [0.717, 1.165) is 60.1 Å². The molecule has 0 atom stereocenters. The van der Waals surface area contributed by atoms with Gasteiger partial charge in [-0.15, -0.1) is 0 Å². The van der Waals surface area contributed by atoms with Crippen LogP contribution in [0.3, 0.4) is 0 Å². The van der Waals surface area contributed by atoms with Crippen molar-refractivity contribution in [3.63, 3.8) is 0 Å². The third-order valence-electron chi connectivity index (χ3n) is 6.11. The molecule has 3 aromatic rings. The van der Waals surface area contributed by atoms with E-state index in [2.05, 4.69) is 17.0 Å². The molecule has 3 aromatic carbocycles. The second-order valence-electron chi connectivity index (χ2n) is 8.37. The molecule has 1 heterocycles. The van der Waals surface area contributed by atoms with Crippen LogP contribution in [0.5, 0.6) is 5.75 Å². The van der Waals surface area contributed by atoms with Crippen molar-refractivity contribution in [3.8, 4) is 5.75 Å². The molecule has 0 aliphatic carbocycles. The summed E-state index contributed by atoms with van der Waals surface area (Å²) in [4.78, 5) is 18.0. The van der Waals surface area contributed by atoms with Gasteiger partial charge in [-0.25, -0.2) is 0 Å². The SMILES string of the molecule is COc1ccc(N(C(=O)c2ccc(C)cc2)C2CCN(Cc3ccc(Cl)cc3)CC2)cc1. The number of rotatable bonds is 6. The minimum atomic E-state index is 0.0475. The molecule has 0 N–H and O–H groups in total. The van der Waals surface area contributed by atoms with Gasteiger partial charge in [-0.2, -0.15) is 0 Å². The van der Waals surface area contributed by atoms with E-state index >= 15 is 0 Å². The van der Waals surface area contributed by atoms with Crippen molar-refractivity contribution in [1.29, 1.82) is 0 Å². The molecule has 0 unspecified atom stereocenters. The Bertz CT molecular complexity index is 1020. The van der Waals surface area contributed by atoms with E-state index in [1.165, 1.54) is 5.56 Å². The van der Waals surface area contributed by atoms with E-state index in [1.807, 2.05) is 72.5 Å². The van der Waals surface area contributed by atoms with Gasteiger partial charge in [-0.1, -0.05) is 41.4 Å². The van der Waals surface area contributed by atoms with Gasteiger partial charge in [-0.05, 0) is 73.9 Å². The first kappa shape index (κ1) is 22.4. The summed E-state index contributed by atoms with van der Waals surface area (Å²) in [5.41, 5.74) is 4.03. The molecule has 166 valence electrons. The number of halogens is 1. The molecule has 0 bridgehead atoms. The molecule has 0 saturated carbocycles. The Morgan fingerprint density at radius 2 is 1.59 bits per heavy atom. The first-order valence-corrected chi connectivity index (χ1v) is 11.4. The summed E-state index contributed by atoms with van der Waals surface area (Å²) in [5.74, 6) is 0.834. The van der Waals surface area contributed by atoms with Gasteiger partial charge in [0.15, 0.2) is 0 Å². The van der Waals surface area contributed by atoms with Gasteiger partial charge in [0.1, 0.15) is 5.75 Å². The lowest BCUT2D eigenvalue weighted by Gasteiger charge is -2.38. The highest BCUT2D eigenvalue weighted by atomic mass is 35.5. The molecule has 1 fully saturated rings. The fourth-order valence-corrected chi connectivity index (χ4v) is 4.38.